The van der Waals surface area contributed by atoms with E-state index in [0.717, 1.165) is 41.3 Å². The average Bonchev–Trinajstić information content (AvgIpc) is 2.98. The number of pyridine rings is 1. The van der Waals surface area contributed by atoms with Crippen LogP contribution in [0.2, 0.25) is 0 Å². The van der Waals surface area contributed by atoms with E-state index in [1.165, 1.54) is 43.5 Å². The van der Waals surface area contributed by atoms with Crippen molar-refractivity contribution in [3.8, 4) is 5.75 Å². The van der Waals surface area contributed by atoms with E-state index in [1.54, 1.807) is 12.4 Å². The van der Waals surface area contributed by atoms with Gasteiger partial charge in [-0.05, 0) is 74.2 Å². The summed E-state index contributed by atoms with van der Waals surface area (Å²) in [5.41, 5.74) is -1.25. The highest BCUT2D eigenvalue weighted by Crippen LogP contribution is 2.42. The van der Waals surface area contributed by atoms with Crippen LogP contribution in [0.4, 0.5) is 18.9 Å². The van der Waals surface area contributed by atoms with Gasteiger partial charge in [-0.15, -0.1) is 0 Å². The zero-order valence-electron chi connectivity index (χ0n) is 22.8. The molecule has 1 N–H and O–H groups in total. The third kappa shape index (κ3) is 5.93. The van der Waals surface area contributed by atoms with Crippen molar-refractivity contribution < 1.29 is 31.4 Å². The Morgan fingerprint density at radius 2 is 1.76 bits per heavy atom. The number of aromatic nitrogens is 1. The Labute approximate surface area is 238 Å². The molecule has 1 aliphatic carbocycles. The average molecular weight is 590 g/mol. The number of piperidine rings is 1. The molecule has 41 heavy (non-hydrogen) atoms. The minimum atomic E-state index is -4.62. The Bertz CT molecular complexity index is 1430. The predicted octanol–water partition coefficient (Wildman–Crippen LogP) is 5.60. The molecule has 0 amide bonds. The largest absolute Gasteiger partial charge is 0.497 e. The van der Waals surface area contributed by atoms with Crippen LogP contribution in [-0.4, -0.2) is 55.7 Å². The second kappa shape index (κ2) is 11.6. The molecule has 2 heterocycles. The van der Waals surface area contributed by atoms with Crippen molar-refractivity contribution in [1.29, 1.82) is 0 Å². The van der Waals surface area contributed by atoms with Gasteiger partial charge in [0, 0.05) is 43.1 Å². The van der Waals surface area contributed by atoms with E-state index in [4.69, 9.17) is 4.74 Å². The van der Waals surface area contributed by atoms with Crippen LogP contribution in [0.3, 0.4) is 0 Å². The standard InChI is InChI=1S/C30H34F3N3O4S/c1-40-26-10-12-27(13-11-26)41(38,39)36(25-8-4-6-22(20-25)30(31,32)33)24-14-18-35(19-15-24)28-9-2-3-16-29(28,37)23-7-5-17-34-21-23/h4-8,10-13,17,20-21,24,28,37H,2-3,9,14-16,18-19H2,1H3. The highest BCUT2D eigenvalue weighted by Gasteiger charge is 2.45. The summed E-state index contributed by atoms with van der Waals surface area (Å²) in [6.45, 7) is 0.983. The lowest BCUT2D eigenvalue weighted by atomic mass is 9.75. The molecule has 0 spiro atoms. The summed E-state index contributed by atoms with van der Waals surface area (Å²) in [7, 11) is -2.75. The van der Waals surface area contributed by atoms with E-state index in [1.807, 2.05) is 12.1 Å². The molecule has 2 aliphatic rings. The van der Waals surface area contributed by atoms with Crippen molar-refractivity contribution in [2.75, 3.05) is 24.5 Å². The maximum Gasteiger partial charge on any atom is 0.416 e. The van der Waals surface area contributed by atoms with Crippen molar-refractivity contribution in [3.63, 3.8) is 0 Å². The second-order valence-electron chi connectivity index (χ2n) is 10.7. The predicted molar refractivity (Wildman–Crippen MR) is 149 cm³/mol. The molecule has 3 aromatic rings. The van der Waals surface area contributed by atoms with E-state index in [2.05, 4.69) is 9.88 Å². The van der Waals surface area contributed by atoms with Gasteiger partial charge < -0.3 is 9.84 Å². The van der Waals surface area contributed by atoms with E-state index in [9.17, 15) is 26.7 Å². The molecular weight excluding hydrogens is 555 g/mol. The van der Waals surface area contributed by atoms with Crippen LogP contribution in [0.15, 0.2) is 78.0 Å². The third-order valence-corrected chi connectivity index (χ3v) is 10.2. The number of alkyl halides is 3. The van der Waals surface area contributed by atoms with Crippen LogP contribution in [0.25, 0.3) is 0 Å². The molecule has 0 radical (unpaired) electrons. The number of likely N-dealkylation sites (tertiary alicyclic amines) is 1. The molecule has 1 saturated heterocycles. The molecule has 1 aromatic heterocycles. The first-order chi connectivity index (χ1) is 19.5. The number of hydrogen-bond donors (Lipinski definition) is 1. The summed E-state index contributed by atoms with van der Waals surface area (Å²) >= 11 is 0. The van der Waals surface area contributed by atoms with Crippen molar-refractivity contribution >= 4 is 15.7 Å². The number of halogens is 3. The molecule has 5 rings (SSSR count). The smallest absolute Gasteiger partial charge is 0.416 e. The van der Waals surface area contributed by atoms with Crippen LogP contribution in [-0.2, 0) is 21.8 Å². The van der Waals surface area contributed by atoms with Gasteiger partial charge >= 0.3 is 6.18 Å². The van der Waals surface area contributed by atoms with Gasteiger partial charge in [0.2, 0.25) is 0 Å². The summed E-state index contributed by atoms with van der Waals surface area (Å²) in [6, 6.07) is 13.3. The van der Waals surface area contributed by atoms with Gasteiger partial charge in [0.05, 0.1) is 23.3 Å². The fourth-order valence-corrected chi connectivity index (χ4v) is 7.94. The number of benzene rings is 2. The highest BCUT2D eigenvalue weighted by atomic mass is 32.2. The number of hydrogen-bond acceptors (Lipinski definition) is 6. The molecule has 2 atom stereocenters. The van der Waals surface area contributed by atoms with Crippen LogP contribution in [0, 0.1) is 0 Å². The van der Waals surface area contributed by atoms with Crippen LogP contribution >= 0.6 is 0 Å². The topological polar surface area (TPSA) is 83.0 Å². The van der Waals surface area contributed by atoms with Crippen LogP contribution in [0.5, 0.6) is 5.75 Å². The molecule has 11 heteroatoms. The maximum atomic E-state index is 14.0. The number of ether oxygens (including phenoxy) is 1. The summed E-state index contributed by atoms with van der Waals surface area (Å²) in [5.74, 6) is 0.469. The maximum absolute atomic E-state index is 14.0. The number of aliphatic hydroxyl groups is 1. The minimum absolute atomic E-state index is 0.0291. The normalized spacial score (nSPS) is 22.8. The zero-order chi connectivity index (χ0) is 29.3. The molecule has 2 fully saturated rings. The lowest BCUT2D eigenvalue weighted by molar-refractivity contribution is -0.137. The van der Waals surface area contributed by atoms with E-state index in [0.29, 0.717) is 38.1 Å². The lowest BCUT2D eigenvalue weighted by Gasteiger charge is -2.49. The van der Waals surface area contributed by atoms with Gasteiger partial charge in [-0.1, -0.05) is 25.0 Å². The monoisotopic (exact) mass is 589 g/mol. The Balaban J connectivity index is 1.45. The number of sulfonamides is 1. The fraction of sp³-hybridized carbons (Fsp3) is 0.433. The number of nitrogens with zero attached hydrogens (tertiary/aromatic N) is 3. The molecule has 0 bridgehead atoms. The highest BCUT2D eigenvalue weighted by molar-refractivity contribution is 7.92. The molecule has 220 valence electrons. The SMILES string of the molecule is COc1ccc(S(=O)(=O)N(c2cccc(C(F)(F)F)c2)C2CCN(C3CCCCC3(O)c3cccnc3)CC2)cc1. The van der Waals surface area contributed by atoms with Gasteiger partial charge in [0.1, 0.15) is 11.4 Å². The van der Waals surface area contributed by atoms with Crippen LogP contribution in [0.1, 0.15) is 49.7 Å². The van der Waals surface area contributed by atoms with Gasteiger partial charge in [0.25, 0.3) is 10.0 Å². The Morgan fingerprint density at radius 1 is 1.02 bits per heavy atom. The molecular formula is C30H34F3N3O4S. The van der Waals surface area contributed by atoms with E-state index < -0.39 is 33.4 Å². The molecule has 2 aromatic carbocycles. The Morgan fingerprint density at radius 3 is 2.39 bits per heavy atom. The quantitative estimate of drug-likeness (QED) is 0.387. The lowest BCUT2D eigenvalue weighted by Crippen LogP contribution is -2.57. The number of anilines is 1. The van der Waals surface area contributed by atoms with Crippen molar-refractivity contribution in [2.24, 2.45) is 0 Å². The summed E-state index contributed by atoms with van der Waals surface area (Å²) < 4.78 is 75.2. The molecule has 1 saturated carbocycles. The number of rotatable bonds is 7. The van der Waals surface area contributed by atoms with E-state index in [-0.39, 0.29) is 16.6 Å². The van der Waals surface area contributed by atoms with Gasteiger partial charge in [0.15, 0.2) is 0 Å². The Kier molecular flexibility index (Phi) is 8.31. The number of methoxy groups -OCH3 is 1. The third-order valence-electron chi connectivity index (χ3n) is 8.31. The first kappa shape index (κ1) is 29.3. The van der Waals surface area contributed by atoms with Crippen LogP contribution < -0.4 is 9.04 Å². The van der Waals surface area contributed by atoms with Crippen molar-refractivity contribution in [1.82, 2.24) is 9.88 Å². The second-order valence-corrected chi connectivity index (χ2v) is 12.5. The summed E-state index contributed by atoms with van der Waals surface area (Å²) in [5, 5.41) is 11.8. The van der Waals surface area contributed by atoms with Gasteiger partial charge in [-0.25, -0.2) is 8.42 Å². The van der Waals surface area contributed by atoms with Crippen molar-refractivity contribution in [2.45, 2.75) is 67.3 Å². The van der Waals surface area contributed by atoms with E-state index >= 15 is 0 Å². The van der Waals surface area contributed by atoms with Crippen molar-refractivity contribution in [3.05, 3.63) is 84.2 Å². The molecule has 7 nitrogen and oxygen atoms in total. The summed E-state index contributed by atoms with van der Waals surface area (Å²) in [6.07, 6.45) is 2.78. The Hall–Kier alpha value is -3.15. The van der Waals surface area contributed by atoms with Gasteiger partial charge in [-0.3, -0.25) is 14.2 Å². The first-order valence-electron chi connectivity index (χ1n) is 13.8. The summed E-state index contributed by atoms with van der Waals surface area (Å²) in [4.78, 5) is 6.37. The zero-order valence-corrected chi connectivity index (χ0v) is 23.6. The molecule has 1 aliphatic heterocycles. The fourth-order valence-electron chi connectivity index (χ4n) is 6.24. The van der Waals surface area contributed by atoms with Gasteiger partial charge in [-0.2, -0.15) is 13.2 Å². The minimum Gasteiger partial charge on any atom is -0.497 e. The molecule has 2 unspecified atom stereocenters. The first-order valence-corrected chi connectivity index (χ1v) is 15.2.